The maximum atomic E-state index is 13.2. The van der Waals surface area contributed by atoms with Gasteiger partial charge in [0.2, 0.25) is 5.91 Å². The number of amides is 3. The van der Waals surface area contributed by atoms with Crippen molar-refractivity contribution in [1.82, 2.24) is 14.4 Å². The van der Waals surface area contributed by atoms with Crippen LogP contribution in [-0.4, -0.2) is 72.5 Å². The van der Waals surface area contributed by atoms with E-state index in [-0.39, 0.29) is 24.3 Å². The molecule has 0 unspecified atom stereocenters. The van der Waals surface area contributed by atoms with E-state index in [1.54, 1.807) is 70.1 Å². The first-order valence-electron chi connectivity index (χ1n) is 11.3. The average molecular weight is 477 g/mol. The summed E-state index contributed by atoms with van der Waals surface area (Å²) in [5.41, 5.74) is 1.57. The number of ether oxygens (including phenoxy) is 2. The van der Waals surface area contributed by atoms with E-state index in [0.29, 0.717) is 54.6 Å². The number of nitrogens with one attached hydrogen (secondary N) is 1. The van der Waals surface area contributed by atoms with Crippen LogP contribution in [-0.2, 0) is 11.3 Å². The molecule has 1 fully saturated rings. The van der Waals surface area contributed by atoms with E-state index >= 15 is 0 Å². The Morgan fingerprint density at radius 2 is 1.51 bits per heavy atom. The normalized spacial score (nSPS) is 13.3. The summed E-state index contributed by atoms with van der Waals surface area (Å²) >= 11 is 0. The molecule has 0 radical (unpaired) electrons. The Hall–Kier alpha value is -4.27. The molecule has 3 aromatic rings. The number of carbonyl (C=O) groups is 3. The third-order valence-electron chi connectivity index (χ3n) is 5.92. The fourth-order valence-corrected chi connectivity index (χ4v) is 4.03. The van der Waals surface area contributed by atoms with E-state index in [9.17, 15) is 14.4 Å². The molecular formula is C26H28N4O5. The molecule has 1 aliphatic rings. The zero-order valence-corrected chi connectivity index (χ0v) is 19.8. The second-order valence-electron chi connectivity index (χ2n) is 8.09. The van der Waals surface area contributed by atoms with Gasteiger partial charge in [-0.3, -0.25) is 14.4 Å². The summed E-state index contributed by atoms with van der Waals surface area (Å²) < 4.78 is 12.1. The van der Waals surface area contributed by atoms with E-state index < -0.39 is 0 Å². The van der Waals surface area contributed by atoms with Crippen LogP contribution in [0.2, 0.25) is 0 Å². The monoisotopic (exact) mass is 476 g/mol. The molecule has 0 spiro atoms. The number of hydrogen-bond donors (Lipinski definition) is 1. The Kier molecular flexibility index (Phi) is 7.35. The molecule has 1 saturated heterocycles. The van der Waals surface area contributed by atoms with Crippen molar-refractivity contribution < 1.29 is 23.9 Å². The van der Waals surface area contributed by atoms with Crippen LogP contribution >= 0.6 is 0 Å². The first-order chi connectivity index (χ1) is 17.0. The summed E-state index contributed by atoms with van der Waals surface area (Å²) in [5, 5.41) is 2.82. The number of nitrogens with zero attached hydrogens (tertiary/aromatic N) is 3. The van der Waals surface area contributed by atoms with Gasteiger partial charge in [0, 0.05) is 44.0 Å². The van der Waals surface area contributed by atoms with Gasteiger partial charge in [0.1, 0.15) is 23.7 Å². The summed E-state index contributed by atoms with van der Waals surface area (Å²) in [7, 11) is 3.07. The lowest BCUT2D eigenvalue weighted by Gasteiger charge is -2.35. The lowest BCUT2D eigenvalue weighted by Crippen LogP contribution is -2.51. The van der Waals surface area contributed by atoms with Gasteiger partial charge in [-0.25, -0.2) is 0 Å². The summed E-state index contributed by atoms with van der Waals surface area (Å²) in [5.74, 6) is 0.591. The van der Waals surface area contributed by atoms with Crippen molar-refractivity contribution in [1.29, 1.82) is 0 Å². The molecule has 0 atom stereocenters. The predicted molar refractivity (Wildman–Crippen MR) is 131 cm³/mol. The predicted octanol–water partition coefficient (Wildman–Crippen LogP) is 2.74. The lowest BCUT2D eigenvalue weighted by molar-refractivity contribution is -0.116. The van der Waals surface area contributed by atoms with Crippen molar-refractivity contribution in [2.75, 3.05) is 45.7 Å². The second kappa shape index (κ2) is 10.8. The van der Waals surface area contributed by atoms with Gasteiger partial charge in [-0.1, -0.05) is 18.2 Å². The third-order valence-corrected chi connectivity index (χ3v) is 5.92. The molecule has 1 aromatic heterocycles. The number of carbonyl (C=O) groups excluding carboxylic acids is 3. The Balaban J connectivity index is 1.36. The second-order valence-corrected chi connectivity index (χ2v) is 8.09. The summed E-state index contributed by atoms with van der Waals surface area (Å²) in [6.07, 6.45) is 1.70. The van der Waals surface area contributed by atoms with Gasteiger partial charge in [0.25, 0.3) is 11.8 Å². The number of aromatic nitrogens is 1. The first kappa shape index (κ1) is 23.9. The van der Waals surface area contributed by atoms with Crippen LogP contribution < -0.4 is 14.8 Å². The third kappa shape index (κ3) is 5.46. The Morgan fingerprint density at radius 1 is 0.829 bits per heavy atom. The summed E-state index contributed by atoms with van der Waals surface area (Å²) in [6.45, 7) is 1.74. The number of rotatable bonds is 7. The maximum Gasteiger partial charge on any atom is 0.270 e. The van der Waals surface area contributed by atoms with Crippen LogP contribution in [0.1, 0.15) is 20.8 Å². The first-order valence-corrected chi connectivity index (χ1v) is 11.3. The van der Waals surface area contributed by atoms with Crippen LogP contribution in [0, 0.1) is 0 Å². The number of methoxy groups -OCH3 is 2. The molecule has 1 aliphatic heterocycles. The summed E-state index contributed by atoms with van der Waals surface area (Å²) in [6, 6.07) is 17.7. The molecule has 182 valence electrons. The number of anilines is 1. The summed E-state index contributed by atoms with van der Waals surface area (Å²) in [4.78, 5) is 42.0. The van der Waals surface area contributed by atoms with Crippen molar-refractivity contribution in [2.24, 2.45) is 0 Å². The smallest absolute Gasteiger partial charge is 0.270 e. The SMILES string of the molecule is COc1ccc(NC(=O)Cn2cccc2C(=O)N2CCN(C(=O)c3ccccc3)CC2)c(OC)c1. The van der Waals surface area contributed by atoms with Gasteiger partial charge in [-0.05, 0) is 36.4 Å². The molecule has 2 heterocycles. The highest BCUT2D eigenvalue weighted by Gasteiger charge is 2.27. The molecule has 35 heavy (non-hydrogen) atoms. The van der Waals surface area contributed by atoms with E-state index in [2.05, 4.69) is 5.32 Å². The maximum absolute atomic E-state index is 13.2. The van der Waals surface area contributed by atoms with Gasteiger partial charge in [0.15, 0.2) is 0 Å². The number of piperazine rings is 1. The van der Waals surface area contributed by atoms with Gasteiger partial charge >= 0.3 is 0 Å². The van der Waals surface area contributed by atoms with Crippen LogP contribution in [0.15, 0.2) is 66.9 Å². The molecule has 1 N–H and O–H groups in total. The van der Waals surface area contributed by atoms with E-state index in [1.807, 2.05) is 18.2 Å². The fourth-order valence-electron chi connectivity index (χ4n) is 4.03. The van der Waals surface area contributed by atoms with Crippen LogP contribution in [0.25, 0.3) is 0 Å². The topological polar surface area (TPSA) is 93.1 Å². The zero-order chi connectivity index (χ0) is 24.8. The van der Waals surface area contributed by atoms with E-state index in [1.165, 1.54) is 7.11 Å². The van der Waals surface area contributed by atoms with Crippen molar-refractivity contribution >= 4 is 23.4 Å². The highest BCUT2D eigenvalue weighted by Crippen LogP contribution is 2.29. The van der Waals surface area contributed by atoms with Crippen LogP contribution in [0.3, 0.4) is 0 Å². The van der Waals surface area contributed by atoms with E-state index in [0.717, 1.165) is 0 Å². The molecule has 3 amide bonds. The van der Waals surface area contributed by atoms with Crippen molar-refractivity contribution in [3.8, 4) is 11.5 Å². The molecule has 4 rings (SSSR count). The fraction of sp³-hybridized carbons (Fsp3) is 0.269. The molecular weight excluding hydrogens is 448 g/mol. The molecule has 9 nitrogen and oxygen atoms in total. The number of benzene rings is 2. The van der Waals surface area contributed by atoms with Crippen molar-refractivity contribution in [2.45, 2.75) is 6.54 Å². The van der Waals surface area contributed by atoms with Crippen molar-refractivity contribution in [3.05, 3.63) is 78.1 Å². The minimum atomic E-state index is -0.294. The Labute approximate surface area is 203 Å². The van der Waals surface area contributed by atoms with Gasteiger partial charge in [0.05, 0.1) is 19.9 Å². The highest BCUT2D eigenvalue weighted by molar-refractivity contribution is 5.96. The minimum absolute atomic E-state index is 0.0320. The van der Waals surface area contributed by atoms with Gasteiger partial charge < -0.3 is 29.2 Å². The van der Waals surface area contributed by atoms with Crippen molar-refractivity contribution in [3.63, 3.8) is 0 Å². The Bertz CT molecular complexity index is 1200. The molecule has 9 heteroatoms. The van der Waals surface area contributed by atoms with Gasteiger partial charge in [-0.15, -0.1) is 0 Å². The minimum Gasteiger partial charge on any atom is -0.497 e. The molecule has 0 aliphatic carbocycles. The largest absolute Gasteiger partial charge is 0.497 e. The highest BCUT2D eigenvalue weighted by atomic mass is 16.5. The molecule has 0 saturated carbocycles. The Morgan fingerprint density at radius 3 is 2.17 bits per heavy atom. The lowest BCUT2D eigenvalue weighted by atomic mass is 10.2. The van der Waals surface area contributed by atoms with Crippen LogP contribution in [0.5, 0.6) is 11.5 Å². The van der Waals surface area contributed by atoms with Crippen LogP contribution in [0.4, 0.5) is 5.69 Å². The standard InChI is InChI=1S/C26H28N4O5/c1-34-20-10-11-21(23(17-20)35-2)27-24(31)18-30-12-6-9-22(30)26(33)29-15-13-28(14-16-29)25(32)19-7-4-3-5-8-19/h3-12,17H,13-16,18H2,1-2H3,(H,27,31). The zero-order valence-electron chi connectivity index (χ0n) is 19.8. The molecule has 2 aromatic carbocycles. The quantitative estimate of drug-likeness (QED) is 0.566. The van der Waals surface area contributed by atoms with Gasteiger partial charge in [-0.2, -0.15) is 0 Å². The molecule has 0 bridgehead atoms. The van der Waals surface area contributed by atoms with E-state index in [4.69, 9.17) is 9.47 Å². The number of hydrogen-bond acceptors (Lipinski definition) is 5. The average Bonchev–Trinajstić information content (AvgIpc) is 3.36.